The quantitative estimate of drug-likeness (QED) is 0.734. The van der Waals surface area contributed by atoms with E-state index in [1.807, 2.05) is 13.0 Å². The summed E-state index contributed by atoms with van der Waals surface area (Å²) in [6, 6.07) is 12.3. The molecule has 7 heteroatoms. The van der Waals surface area contributed by atoms with Gasteiger partial charge in [0.15, 0.2) is 0 Å². The van der Waals surface area contributed by atoms with Gasteiger partial charge in [0, 0.05) is 0 Å². The zero-order valence-electron chi connectivity index (χ0n) is 11.2. The molecule has 0 saturated heterocycles. The molecule has 0 saturated carbocycles. The van der Waals surface area contributed by atoms with E-state index in [-0.39, 0.29) is 10.5 Å². The van der Waals surface area contributed by atoms with Crippen molar-refractivity contribution >= 4 is 21.7 Å². The summed E-state index contributed by atoms with van der Waals surface area (Å²) in [6.45, 7) is 1.88. The van der Waals surface area contributed by atoms with Crippen LogP contribution in [0.1, 0.15) is 15.9 Å². The monoisotopic (exact) mass is 306 g/mol. The number of rotatable bonds is 5. The highest BCUT2D eigenvalue weighted by molar-refractivity contribution is 7.89. The van der Waals surface area contributed by atoms with Crippen LogP contribution < -0.4 is 10.3 Å². The van der Waals surface area contributed by atoms with Crippen molar-refractivity contribution in [3.63, 3.8) is 0 Å². The van der Waals surface area contributed by atoms with E-state index in [0.29, 0.717) is 5.69 Å². The second-order valence-electron chi connectivity index (χ2n) is 4.43. The number of carboxylic acids is 1. The summed E-state index contributed by atoms with van der Waals surface area (Å²) in [4.78, 5) is 13.0. The average molecular weight is 306 g/mol. The first-order valence-corrected chi connectivity index (χ1v) is 7.55. The highest BCUT2D eigenvalue weighted by Gasteiger charge is 2.15. The van der Waals surface area contributed by atoms with Crippen LogP contribution >= 0.6 is 0 Å². The highest BCUT2D eigenvalue weighted by Crippen LogP contribution is 2.13. The summed E-state index contributed by atoms with van der Waals surface area (Å²) in [5, 5.41) is 8.88. The molecule has 0 aliphatic carbocycles. The number of carbonyl (C=O) groups is 1. The van der Waals surface area contributed by atoms with Gasteiger partial charge in [-0.2, -0.15) is 0 Å². The SMILES string of the molecule is Cc1cccc(NNS(=O)(=O)c2cccc(C(=O)O)c2)c1. The third-order valence-electron chi connectivity index (χ3n) is 2.74. The molecule has 2 aromatic rings. The maximum atomic E-state index is 12.1. The van der Waals surface area contributed by atoms with Crippen molar-refractivity contribution in [3.05, 3.63) is 59.7 Å². The second-order valence-corrected chi connectivity index (χ2v) is 6.12. The van der Waals surface area contributed by atoms with Crippen LogP contribution in [0.15, 0.2) is 53.4 Å². The lowest BCUT2D eigenvalue weighted by molar-refractivity contribution is 0.0696. The molecule has 0 spiro atoms. The number of benzene rings is 2. The zero-order chi connectivity index (χ0) is 15.5. The van der Waals surface area contributed by atoms with Crippen molar-refractivity contribution in [2.24, 2.45) is 0 Å². The fourth-order valence-electron chi connectivity index (χ4n) is 1.70. The van der Waals surface area contributed by atoms with Crippen molar-refractivity contribution in [3.8, 4) is 0 Å². The van der Waals surface area contributed by atoms with E-state index in [4.69, 9.17) is 5.11 Å². The van der Waals surface area contributed by atoms with E-state index in [9.17, 15) is 13.2 Å². The van der Waals surface area contributed by atoms with E-state index in [0.717, 1.165) is 11.6 Å². The van der Waals surface area contributed by atoms with Gasteiger partial charge in [-0.05, 0) is 42.8 Å². The minimum atomic E-state index is -3.85. The summed E-state index contributed by atoms with van der Waals surface area (Å²) in [5.74, 6) is -1.18. The summed E-state index contributed by atoms with van der Waals surface area (Å²) in [7, 11) is -3.85. The number of carboxylic acid groups (broad SMARTS) is 1. The molecule has 0 aliphatic rings. The van der Waals surface area contributed by atoms with Crippen LogP contribution in [-0.4, -0.2) is 19.5 Å². The summed E-state index contributed by atoms with van der Waals surface area (Å²) in [6.07, 6.45) is 0. The Morgan fingerprint density at radius 1 is 1.10 bits per heavy atom. The van der Waals surface area contributed by atoms with Crippen molar-refractivity contribution in [1.82, 2.24) is 4.83 Å². The van der Waals surface area contributed by atoms with E-state index in [1.165, 1.54) is 18.2 Å². The normalized spacial score (nSPS) is 11.1. The largest absolute Gasteiger partial charge is 0.478 e. The van der Waals surface area contributed by atoms with Gasteiger partial charge in [0.05, 0.1) is 16.1 Å². The first kappa shape index (κ1) is 15.0. The van der Waals surface area contributed by atoms with Crippen LogP contribution in [0.5, 0.6) is 0 Å². The van der Waals surface area contributed by atoms with Gasteiger partial charge in [-0.1, -0.05) is 18.2 Å². The molecular weight excluding hydrogens is 292 g/mol. The van der Waals surface area contributed by atoms with Gasteiger partial charge in [0.2, 0.25) is 0 Å². The van der Waals surface area contributed by atoms with Gasteiger partial charge in [-0.15, -0.1) is 4.83 Å². The molecular formula is C14H14N2O4S. The molecule has 0 bridgehead atoms. The van der Waals surface area contributed by atoms with Crippen LogP contribution in [-0.2, 0) is 10.0 Å². The summed E-state index contributed by atoms with van der Waals surface area (Å²) in [5.41, 5.74) is 4.07. The molecule has 21 heavy (non-hydrogen) atoms. The van der Waals surface area contributed by atoms with Gasteiger partial charge in [-0.3, -0.25) is 0 Å². The molecule has 2 rings (SSSR count). The van der Waals surface area contributed by atoms with Crippen LogP contribution in [0.4, 0.5) is 5.69 Å². The standard InChI is InChI=1S/C14H14N2O4S/c1-10-4-2-6-12(8-10)15-16-21(19,20)13-7-3-5-11(9-13)14(17)18/h2-9,15-16H,1H3,(H,17,18). The molecule has 110 valence electrons. The Balaban J connectivity index is 2.19. The predicted molar refractivity (Wildman–Crippen MR) is 78.5 cm³/mol. The van der Waals surface area contributed by atoms with Crippen LogP contribution in [0, 0.1) is 6.92 Å². The molecule has 2 aromatic carbocycles. The highest BCUT2D eigenvalue weighted by atomic mass is 32.2. The minimum Gasteiger partial charge on any atom is -0.478 e. The Hall–Kier alpha value is -2.38. The second kappa shape index (κ2) is 5.94. The van der Waals surface area contributed by atoms with Crippen LogP contribution in [0.2, 0.25) is 0 Å². The van der Waals surface area contributed by atoms with Gasteiger partial charge >= 0.3 is 5.97 Å². The van der Waals surface area contributed by atoms with E-state index in [2.05, 4.69) is 10.3 Å². The Labute approximate surface area is 122 Å². The average Bonchev–Trinajstić information content (AvgIpc) is 2.45. The number of sulfonamides is 1. The predicted octanol–water partition coefficient (Wildman–Crippen LogP) is 2.00. The maximum absolute atomic E-state index is 12.1. The summed E-state index contributed by atoms with van der Waals surface area (Å²) < 4.78 is 24.2. The molecule has 0 aliphatic heterocycles. The lowest BCUT2D eigenvalue weighted by Gasteiger charge is -2.10. The molecule has 0 heterocycles. The minimum absolute atomic E-state index is 0.0894. The third kappa shape index (κ3) is 3.80. The van der Waals surface area contributed by atoms with Gasteiger partial charge in [0.1, 0.15) is 0 Å². The van der Waals surface area contributed by atoms with E-state index in [1.54, 1.807) is 18.2 Å². The Morgan fingerprint density at radius 2 is 1.81 bits per heavy atom. The Kier molecular flexibility index (Phi) is 4.25. The lowest BCUT2D eigenvalue weighted by Crippen LogP contribution is -2.29. The molecule has 0 atom stereocenters. The molecule has 0 fully saturated rings. The number of nitrogens with one attached hydrogen (secondary N) is 2. The molecule has 0 amide bonds. The first-order chi connectivity index (χ1) is 9.88. The summed E-state index contributed by atoms with van der Waals surface area (Å²) >= 11 is 0. The number of anilines is 1. The maximum Gasteiger partial charge on any atom is 0.335 e. The molecule has 3 N–H and O–H groups in total. The lowest BCUT2D eigenvalue weighted by atomic mass is 10.2. The third-order valence-corrected chi connectivity index (χ3v) is 3.98. The van der Waals surface area contributed by atoms with E-state index < -0.39 is 16.0 Å². The fourth-order valence-corrected chi connectivity index (χ4v) is 2.61. The van der Waals surface area contributed by atoms with Gasteiger partial charge in [0.25, 0.3) is 10.0 Å². The first-order valence-electron chi connectivity index (χ1n) is 6.06. The van der Waals surface area contributed by atoms with Gasteiger partial charge in [-0.25, -0.2) is 13.2 Å². The molecule has 6 nitrogen and oxygen atoms in total. The van der Waals surface area contributed by atoms with Crippen molar-refractivity contribution in [2.45, 2.75) is 11.8 Å². The number of aromatic carboxylic acids is 1. The molecule has 0 unspecified atom stereocenters. The molecule has 0 radical (unpaired) electrons. The zero-order valence-corrected chi connectivity index (χ0v) is 12.0. The number of hydrazine groups is 1. The van der Waals surface area contributed by atoms with E-state index >= 15 is 0 Å². The topological polar surface area (TPSA) is 95.5 Å². The number of hydrogen-bond donors (Lipinski definition) is 3. The van der Waals surface area contributed by atoms with Crippen LogP contribution in [0.25, 0.3) is 0 Å². The smallest absolute Gasteiger partial charge is 0.335 e. The Morgan fingerprint density at radius 3 is 2.48 bits per heavy atom. The van der Waals surface area contributed by atoms with Gasteiger partial charge < -0.3 is 10.5 Å². The number of aryl methyl sites for hydroxylation is 1. The fraction of sp³-hybridized carbons (Fsp3) is 0.0714. The van der Waals surface area contributed by atoms with Crippen LogP contribution in [0.3, 0.4) is 0 Å². The molecule has 0 aromatic heterocycles. The number of hydrogen-bond acceptors (Lipinski definition) is 4. The van der Waals surface area contributed by atoms with Crippen molar-refractivity contribution in [1.29, 1.82) is 0 Å². The Bertz CT molecular complexity index is 772. The van der Waals surface area contributed by atoms with Crippen molar-refractivity contribution < 1.29 is 18.3 Å². The van der Waals surface area contributed by atoms with Crippen molar-refractivity contribution in [2.75, 3.05) is 5.43 Å².